The van der Waals surface area contributed by atoms with Crippen LogP contribution in [-0.2, 0) is 17.6 Å². The second kappa shape index (κ2) is 4.96. The van der Waals surface area contributed by atoms with E-state index in [4.69, 9.17) is 5.11 Å². The summed E-state index contributed by atoms with van der Waals surface area (Å²) in [4.78, 5) is 26.9. The summed E-state index contributed by atoms with van der Waals surface area (Å²) >= 11 is 1.56. The number of hydrogen-bond donors (Lipinski definition) is 1. The third-order valence-electron chi connectivity index (χ3n) is 3.76. The Bertz CT molecular complexity index is 495. The van der Waals surface area contributed by atoms with E-state index < -0.39 is 5.97 Å². The normalized spacial score (nSPS) is 17.9. The van der Waals surface area contributed by atoms with Crippen molar-refractivity contribution in [1.82, 2.24) is 4.90 Å². The molecule has 2 aliphatic rings. The topological polar surface area (TPSA) is 57.6 Å². The molecule has 1 aromatic rings. The van der Waals surface area contributed by atoms with Crippen LogP contribution in [0.5, 0.6) is 0 Å². The van der Waals surface area contributed by atoms with Crippen LogP contribution in [0.15, 0.2) is 6.07 Å². The maximum atomic E-state index is 12.5. The minimum atomic E-state index is -0.929. The van der Waals surface area contributed by atoms with Gasteiger partial charge in [-0.15, -0.1) is 11.3 Å². The van der Waals surface area contributed by atoms with Crippen molar-refractivity contribution in [2.45, 2.75) is 44.6 Å². The second-order valence-corrected chi connectivity index (χ2v) is 6.46. The van der Waals surface area contributed by atoms with E-state index in [0.717, 1.165) is 30.6 Å². The molecular weight excluding hydrogens is 262 g/mol. The fourth-order valence-corrected chi connectivity index (χ4v) is 3.85. The zero-order valence-electron chi connectivity index (χ0n) is 10.7. The van der Waals surface area contributed by atoms with E-state index in [9.17, 15) is 9.59 Å². The summed E-state index contributed by atoms with van der Waals surface area (Å²) in [5.74, 6) is -1.02. The van der Waals surface area contributed by atoms with Gasteiger partial charge in [0.1, 0.15) is 6.54 Å². The lowest BCUT2D eigenvalue weighted by Crippen LogP contribution is -2.37. The van der Waals surface area contributed by atoms with Gasteiger partial charge in [-0.25, -0.2) is 0 Å². The first-order valence-electron chi connectivity index (χ1n) is 6.79. The first-order valence-corrected chi connectivity index (χ1v) is 7.61. The van der Waals surface area contributed by atoms with Crippen molar-refractivity contribution in [1.29, 1.82) is 0 Å². The lowest BCUT2D eigenvalue weighted by Gasteiger charge is -2.19. The second-order valence-electron chi connectivity index (χ2n) is 5.32. The van der Waals surface area contributed by atoms with E-state index in [1.54, 1.807) is 11.3 Å². The highest BCUT2D eigenvalue weighted by molar-refractivity contribution is 7.14. The van der Waals surface area contributed by atoms with Gasteiger partial charge >= 0.3 is 5.97 Å². The number of amides is 1. The van der Waals surface area contributed by atoms with Crippen LogP contribution < -0.4 is 0 Å². The third kappa shape index (κ3) is 2.66. The number of carboxylic acid groups (broad SMARTS) is 1. The van der Waals surface area contributed by atoms with Crippen LogP contribution in [0.1, 0.15) is 45.8 Å². The van der Waals surface area contributed by atoms with Crippen LogP contribution in [0.4, 0.5) is 0 Å². The summed E-state index contributed by atoms with van der Waals surface area (Å²) in [7, 11) is 0. The molecule has 102 valence electrons. The molecular formula is C14H17NO3S. The van der Waals surface area contributed by atoms with Gasteiger partial charge in [-0.1, -0.05) is 0 Å². The molecule has 4 nitrogen and oxygen atoms in total. The zero-order valence-corrected chi connectivity index (χ0v) is 11.5. The van der Waals surface area contributed by atoms with Crippen molar-refractivity contribution in [3.63, 3.8) is 0 Å². The Kier molecular flexibility index (Phi) is 3.31. The molecule has 1 fully saturated rings. The van der Waals surface area contributed by atoms with Crippen LogP contribution in [-0.4, -0.2) is 34.5 Å². The molecule has 19 heavy (non-hydrogen) atoms. The average molecular weight is 279 g/mol. The standard InChI is InChI=1S/C14H17NO3S/c16-13(17)8-15(10-5-6-10)14(18)12-7-9-3-1-2-4-11(9)19-12/h7,10H,1-6,8H2,(H,16,17). The quantitative estimate of drug-likeness (QED) is 0.920. The minimum absolute atomic E-state index is 0.0932. The molecule has 0 unspecified atom stereocenters. The number of nitrogens with zero attached hydrogens (tertiary/aromatic N) is 1. The van der Waals surface area contributed by atoms with Gasteiger partial charge in [0.2, 0.25) is 0 Å². The molecule has 0 aliphatic heterocycles. The third-order valence-corrected chi connectivity index (χ3v) is 4.99. The monoisotopic (exact) mass is 279 g/mol. The molecule has 0 saturated heterocycles. The van der Waals surface area contributed by atoms with Crippen molar-refractivity contribution in [3.8, 4) is 0 Å². The summed E-state index contributed by atoms with van der Waals surface area (Å²) in [6.45, 7) is -0.175. The van der Waals surface area contributed by atoms with Gasteiger partial charge in [-0.05, 0) is 50.2 Å². The van der Waals surface area contributed by atoms with E-state index in [-0.39, 0.29) is 18.5 Å². The van der Waals surface area contributed by atoms with Crippen LogP contribution in [0.2, 0.25) is 0 Å². The van der Waals surface area contributed by atoms with Crippen LogP contribution in [0.3, 0.4) is 0 Å². The summed E-state index contributed by atoms with van der Waals surface area (Å²) in [5.41, 5.74) is 1.30. The molecule has 0 aromatic carbocycles. The fraction of sp³-hybridized carbons (Fsp3) is 0.571. The Balaban J connectivity index is 1.81. The average Bonchev–Trinajstić information content (AvgIpc) is 3.13. The Morgan fingerprint density at radius 1 is 1.32 bits per heavy atom. The lowest BCUT2D eigenvalue weighted by atomic mass is 9.99. The molecule has 1 saturated carbocycles. The van der Waals surface area contributed by atoms with Crippen molar-refractivity contribution in [3.05, 3.63) is 21.4 Å². The van der Waals surface area contributed by atoms with Crippen molar-refractivity contribution in [2.75, 3.05) is 6.54 Å². The van der Waals surface area contributed by atoms with E-state index in [1.807, 2.05) is 6.07 Å². The number of carbonyl (C=O) groups excluding carboxylic acids is 1. The molecule has 0 radical (unpaired) electrons. The first kappa shape index (κ1) is 12.7. The SMILES string of the molecule is O=C(O)CN(C(=O)c1cc2c(s1)CCCC2)C1CC1. The van der Waals surface area contributed by atoms with E-state index in [0.29, 0.717) is 0 Å². The molecule has 5 heteroatoms. The molecule has 0 atom stereocenters. The van der Waals surface area contributed by atoms with Gasteiger partial charge in [0.15, 0.2) is 0 Å². The lowest BCUT2D eigenvalue weighted by molar-refractivity contribution is -0.137. The number of fused-ring (bicyclic) bond motifs is 1. The predicted molar refractivity (Wildman–Crippen MR) is 72.7 cm³/mol. The highest BCUT2D eigenvalue weighted by Crippen LogP contribution is 2.33. The maximum Gasteiger partial charge on any atom is 0.323 e. The number of carboxylic acids is 1. The van der Waals surface area contributed by atoms with Crippen LogP contribution in [0.25, 0.3) is 0 Å². The van der Waals surface area contributed by atoms with E-state index in [1.165, 1.54) is 28.2 Å². The number of aryl methyl sites for hydroxylation is 2. The van der Waals surface area contributed by atoms with E-state index in [2.05, 4.69) is 0 Å². The molecule has 1 N–H and O–H groups in total. The molecule has 1 aromatic heterocycles. The smallest absolute Gasteiger partial charge is 0.323 e. The fourth-order valence-electron chi connectivity index (χ4n) is 2.64. The Morgan fingerprint density at radius 2 is 2.05 bits per heavy atom. The van der Waals surface area contributed by atoms with Crippen molar-refractivity contribution >= 4 is 23.2 Å². The Labute approximate surface area is 116 Å². The van der Waals surface area contributed by atoms with Crippen molar-refractivity contribution < 1.29 is 14.7 Å². The predicted octanol–water partition coefficient (Wildman–Crippen LogP) is 2.32. The summed E-state index contributed by atoms with van der Waals surface area (Å²) in [5, 5.41) is 8.93. The number of hydrogen-bond acceptors (Lipinski definition) is 3. The number of aliphatic carboxylic acids is 1. The van der Waals surface area contributed by atoms with Gasteiger partial charge in [-0.3, -0.25) is 9.59 Å². The van der Waals surface area contributed by atoms with Gasteiger partial charge < -0.3 is 10.0 Å². The van der Waals surface area contributed by atoms with Crippen LogP contribution >= 0.6 is 11.3 Å². The van der Waals surface area contributed by atoms with Crippen LogP contribution in [0, 0.1) is 0 Å². The van der Waals surface area contributed by atoms with Gasteiger partial charge in [0.25, 0.3) is 5.91 Å². The highest BCUT2D eigenvalue weighted by atomic mass is 32.1. The maximum absolute atomic E-state index is 12.5. The zero-order chi connectivity index (χ0) is 13.4. The molecule has 1 amide bonds. The summed E-state index contributed by atoms with van der Waals surface area (Å²) in [6.07, 6.45) is 6.38. The molecule has 2 aliphatic carbocycles. The number of thiophene rings is 1. The first-order chi connectivity index (χ1) is 9.15. The Morgan fingerprint density at radius 3 is 2.68 bits per heavy atom. The number of rotatable bonds is 4. The molecule has 0 bridgehead atoms. The minimum Gasteiger partial charge on any atom is -0.480 e. The number of carbonyl (C=O) groups is 2. The highest BCUT2D eigenvalue weighted by Gasteiger charge is 2.35. The largest absolute Gasteiger partial charge is 0.480 e. The van der Waals surface area contributed by atoms with E-state index >= 15 is 0 Å². The molecule has 1 heterocycles. The molecule has 3 rings (SSSR count). The van der Waals surface area contributed by atoms with Crippen molar-refractivity contribution in [2.24, 2.45) is 0 Å². The van der Waals surface area contributed by atoms with Gasteiger partial charge in [-0.2, -0.15) is 0 Å². The van der Waals surface area contributed by atoms with Gasteiger partial charge in [0.05, 0.1) is 4.88 Å². The van der Waals surface area contributed by atoms with Gasteiger partial charge in [0, 0.05) is 10.9 Å². The molecule has 0 spiro atoms. The Hall–Kier alpha value is -1.36. The summed E-state index contributed by atoms with van der Waals surface area (Å²) in [6, 6.07) is 2.13. The summed E-state index contributed by atoms with van der Waals surface area (Å²) < 4.78 is 0.